The highest BCUT2D eigenvalue weighted by molar-refractivity contribution is 5.92. The topological polar surface area (TPSA) is 54.3 Å². The molecule has 1 aromatic heterocycles. The zero-order valence-electron chi connectivity index (χ0n) is 10.9. The number of nitrogens with zero attached hydrogens (tertiary/aromatic N) is 1. The van der Waals surface area contributed by atoms with Crippen molar-refractivity contribution < 1.29 is 9.90 Å². The lowest BCUT2D eigenvalue weighted by Crippen LogP contribution is -2.40. The molecule has 0 bridgehead atoms. The molecule has 0 aromatic carbocycles. The normalized spacial score (nSPS) is 14.4. The molecule has 0 aliphatic rings. The van der Waals surface area contributed by atoms with Gasteiger partial charge in [0.2, 0.25) is 0 Å². The van der Waals surface area contributed by atoms with Crippen LogP contribution in [0.15, 0.2) is 18.3 Å². The molecule has 1 atom stereocenters. The molecule has 4 heteroatoms. The second-order valence-electron chi connectivity index (χ2n) is 4.62. The molecule has 0 aliphatic heterocycles. The van der Waals surface area contributed by atoms with Crippen LogP contribution in [0.25, 0.3) is 0 Å². The fraction of sp³-hybridized carbons (Fsp3) is 0.615. The Kier molecular flexibility index (Phi) is 4.75. The second-order valence-corrected chi connectivity index (χ2v) is 4.62. The summed E-state index contributed by atoms with van der Waals surface area (Å²) in [6, 6.07) is 3.66. The first kappa shape index (κ1) is 13.8. The Morgan fingerprint density at radius 3 is 2.82 bits per heavy atom. The van der Waals surface area contributed by atoms with Crippen molar-refractivity contribution in [1.82, 2.24) is 9.88 Å². The number of hydrogen-bond acceptors (Lipinski definition) is 2. The summed E-state index contributed by atoms with van der Waals surface area (Å²) in [5, 5.41) is 12.6. The highest BCUT2D eigenvalue weighted by atomic mass is 16.3. The lowest BCUT2D eigenvalue weighted by molar-refractivity contribution is 0.0516. The number of aliphatic hydroxyl groups is 1. The molecular weight excluding hydrogens is 216 g/mol. The predicted octanol–water partition coefficient (Wildman–Crippen LogP) is 1.79. The van der Waals surface area contributed by atoms with Crippen LogP contribution in [0.3, 0.4) is 0 Å². The SMILES string of the molecule is CCCn1cccc1C(=O)NCC(C)(O)CC. The van der Waals surface area contributed by atoms with Gasteiger partial charge in [-0.15, -0.1) is 0 Å². The van der Waals surface area contributed by atoms with E-state index in [4.69, 9.17) is 0 Å². The minimum Gasteiger partial charge on any atom is -0.388 e. The number of aryl methyl sites for hydroxylation is 1. The summed E-state index contributed by atoms with van der Waals surface area (Å²) in [6.07, 6.45) is 3.50. The molecule has 1 aromatic rings. The van der Waals surface area contributed by atoms with Crippen LogP contribution in [0.5, 0.6) is 0 Å². The fourth-order valence-electron chi connectivity index (χ4n) is 1.54. The van der Waals surface area contributed by atoms with E-state index in [0.29, 0.717) is 12.1 Å². The molecule has 0 aliphatic carbocycles. The lowest BCUT2D eigenvalue weighted by atomic mass is 10.0. The summed E-state index contributed by atoms with van der Waals surface area (Å²) in [4.78, 5) is 11.9. The maximum absolute atomic E-state index is 11.9. The Hall–Kier alpha value is -1.29. The number of rotatable bonds is 6. The van der Waals surface area contributed by atoms with Gasteiger partial charge in [0.15, 0.2) is 0 Å². The average Bonchev–Trinajstić information content (AvgIpc) is 2.75. The van der Waals surface area contributed by atoms with Crippen LogP contribution in [0.4, 0.5) is 0 Å². The largest absolute Gasteiger partial charge is 0.388 e. The van der Waals surface area contributed by atoms with Gasteiger partial charge in [0.25, 0.3) is 5.91 Å². The van der Waals surface area contributed by atoms with Crippen molar-refractivity contribution >= 4 is 5.91 Å². The Morgan fingerprint density at radius 1 is 1.53 bits per heavy atom. The van der Waals surface area contributed by atoms with Gasteiger partial charge in [-0.2, -0.15) is 0 Å². The van der Waals surface area contributed by atoms with E-state index in [1.54, 1.807) is 13.0 Å². The van der Waals surface area contributed by atoms with E-state index in [9.17, 15) is 9.90 Å². The molecule has 0 spiro atoms. The monoisotopic (exact) mass is 238 g/mol. The molecule has 0 saturated carbocycles. The number of hydrogen-bond donors (Lipinski definition) is 2. The molecule has 0 saturated heterocycles. The molecule has 96 valence electrons. The molecule has 0 fully saturated rings. The molecule has 2 N–H and O–H groups in total. The zero-order valence-corrected chi connectivity index (χ0v) is 10.9. The molecule has 4 nitrogen and oxygen atoms in total. The molecular formula is C13H22N2O2. The minimum absolute atomic E-state index is 0.128. The maximum atomic E-state index is 11.9. The van der Waals surface area contributed by atoms with E-state index in [1.807, 2.05) is 23.8 Å². The number of carbonyl (C=O) groups is 1. The number of amides is 1. The van der Waals surface area contributed by atoms with Crippen LogP contribution in [0.1, 0.15) is 44.1 Å². The summed E-state index contributed by atoms with van der Waals surface area (Å²) >= 11 is 0. The smallest absolute Gasteiger partial charge is 0.268 e. The zero-order chi connectivity index (χ0) is 12.9. The van der Waals surface area contributed by atoms with Crippen molar-refractivity contribution in [3.05, 3.63) is 24.0 Å². The van der Waals surface area contributed by atoms with E-state index in [0.717, 1.165) is 13.0 Å². The van der Waals surface area contributed by atoms with Gasteiger partial charge < -0.3 is 15.0 Å². The van der Waals surface area contributed by atoms with Crippen molar-refractivity contribution in [2.24, 2.45) is 0 Å². The van der Waals surface area contributed by atoms with Crippen LogP contribution in [0.2, 0.25) is 0 Å². The number of nitrogens with one attached hydrogen (secondary N) is 1. The third-order valence-corrected chi connectivity index (χ3v) is 2.92. The van der Waals surface area contributed by atoms with Crippen molar-refractivity contribution in [2.45, 2.75) is 45.8 Å². The molecule has 1 heterocycles. The van der Waals surface area contributed by atoms with Crippen LogP contribution in [-0.4, -0.2) is 27.7 Å². The highest BCUT2D eigenvalue weighted by Crippen LogP contribution is 2.08. The van der Waals surface area contributed by atoms with E-state index in [2.05, 4.69) is 12.2 Å². The van der Waals surface area contributed by atoms with E-state index in [1.165, 1.54) is 0 Å². The molecule has 1 rings (SSSR count). The third kappa shape index (κ3) is 3.89. The molecule has 1 amide bonds. The minimum atomic E-state index is -0.835. The van der Waals surface area contributed by atoms with Gasteiger partial charge in [0.1, 0.15) is 5.69 Å². The number of carbonyl (C=O) groups excluding carboxylic acids is 1. The Balaban J connectivity index is 2.61. The van der Waals surface area contributed by atoms with Gasteiger partial charge in [0.05, 0.1) is 5.60 Å². The van der Waals surface area contributed by atoms with E-state index in [-0.39, 0.29) is 12.5 Å². The van der Waals surface area contributed by atoms with Crippen LogP contribution >= 0.6 is 0 Å². The predicted molar refractivity (Wildman–Crippen MR) is 68.0 cm³/mol. The van der Waals surface area contributed by atoms with Crippen molar-refractivity contribution in [3.8, 4) is 0 Å². The van der Waals surface area contributed by atoms with E-state index >= 15 is 0 Å². The molecule has 1 unspecified atom stereocenters. The fourth-order valence-corrected chi connectivity index (χ4v) is 1.54. The molecule has 17 heavy (non-hydrogen) atoms. The average molecular weight is 238 g/mol. The van der Waals surface area contributed by atoms with Gasteiger partial charge in [-0.25, -0.2) is 0 Å². The summed E-state index contributed by atoms with van der Waals surface area (Å²) in [5.74, 6) is -0.128. The lowest BCUT2D eigenvalue weighted by Gasteiger charge is -2.21. The van der Waals surface area contributed by atoms with Crippen molar-refractivity contribution in [2.75, 3.05) is 6.54 Å². The second kappa shape index (κ2) is 5.87. The van der Waals surface area contributed by atoms with Crippen LogP contribution in [0, 0.1) is 0 Å². The highest BCUT2D eigenvalue weighted by Gasteiger charge is 2.19. The first-order valence-electron chi connectivity index (χ1n) is 6.16. The third-order valence-electron chi connectivity index (χ3n) is 2.92. The number of aromatic nitrogens is 1. The van der Waals surface area contributed by atoms with Crippen LogP contribution < -0.4 is 5.32 Å². The summed E-state index contributed by atoms with van der Waals surface area (Å²) in [7, 11) is 0. The Morgan fingerprint density at radius 2 is 2.24 bits per heavy atom. The Bertz CT molecular complexity index is 369. The maximum Gasteiger partial charge on any atom is 0.268 e. The Labute approximate surface area is 103 Å². The first-order valence-corrected chi connectivity index (χ1v) is 6.16. The van der Waals surface area contributed by atoms with Crippen molar-refractivity contribution in [1.29, 1.82) is 0 Å². The van der Waals surface area contributed by atoms with Gasteiger partial charge in [-0.05, 0) is 31.9 Å². The summed E-state index contributed by atoms with van der Waals surface area (Å²) in [6.45, 7) is 6.80. The molecule has 0 radical (unpaired) electrons. The summed E-state index contributed by atoms with van der Waals surface area (Å²) in [5.41, 5.74) is -0.184. The van der Waals surface area contributed by atoms with Crippen LogP contribution in [-0.2, 0) is 6.54 Å². The van der Waals surface area contributed by atoms with E-state index < -0.39 is 5.60 Å². The first-order chi connectivity index (χ1) is 8.00. The van der Waals surface area contributed by atoms with Crippen molar-refractivity contribution in [3.63, 3.8) is 0 Å². The van der Waals surface area contributed by atoms with Gasteiger partial charge in [-0.1, -0.05) is 13.8 Å². The quantitative estimate of drug-likeness (QED) is 0.794. The standard InChI is InChI=1S/C13H22N2O2/c1-4-8-15-9-6-7-11(15)12(16)14-10-13(3,17)5-2/h6-7,9,17H,4-5,8,10H2,1-3H3,(H,14,16). The van der Waals surface area contributed by atoms with Gasteiger partial charge in [-0.3, -0.25) is 4.79 Å². The summed E-state index contributed by atoms with van der Waals surface area (Å²) < 4.78 is 1.93. The van der Waals surface area contributed by atoms with Gasteiger partial charge in [0, 0.05) is 19.3 Å². The van der Waals surface area contributed by atoms with Gasteiger partial charge >= 0.3 is 0 Å².